The minimum Gasteiger partial charge on any atom is -0.495 e. The second kappa shape index (κ2) is 7.12. The molecule has 6 heteroatoms. The fourth-order valence-corrected chi connectivity index (χ4v) is 2.49. The Labute approximate surface area is 138 Å². The Hall–Kier alpha value is -1.29. The summed E-state index contributed by atoms with van der Waals surface area (Å²) < 4.78 is 10.5. The molecular weight excluding hydrogens is 333 g/mol. The Kier molecular flexibility index (Phi) is 5.45. The molecule has 0 bridgehead atoms. The molecule has 2 aromatic rings. The summed E-state index contributed by atoms with van der Waals surface area (Å²) in [5.41, 5.74) is 1.65. The predicted molar refractivity (Wildman–Crippen MR) is 88.3 cm³/mol. The smallest absolute Gasteiger partial charge is 0.143 e. The topological polar surface area (TPSA) is 30.5 Å². The quantitative estimate of drug-likeness (QED) is 0.799. The van der Waals surface area contributed by atoms with Crippen molar-refractivity contribution in [2.24, 2.45) is 0 Å². The van der Waals surface area contributed by atoms with Crippen LogP contribution in [0.2, 0.25) is 15.1 Å². The Balaban J connectivity index is 2.25. The van der Waals surface area contributed by atoms with Gasteiger partial charge in [0.05, 0.1) is 35.0 Å². The maximum Gasteiger partial charge on any atom is 0.143 e. The van der Waals surface area contributed by atoms with Gasteiger partial charge in [-0.3, -0.25) is 0 Å². The maximum atomic E-state index is 6.17. The summed E-state index contributed by atoms with van der Waals surface area (Å²) >= 11 is 18.2. The number of rotatable bonds is 5. The van der Waals surface area contributed by atoms with Crippen LogP contribution in [0.5, 0.6) is 11.5 Å². The van der Waals surface area contributed by atoms with Crippen molar-refractivity contribution in [1.82, 2.24) is 0 Å². The molecule has 0 saturated carbocycles. The lowest BCUT2D eigenvalue weighted by Gasteiger charge is -2.14. The van der Waals surface area contributed by atoms with Crippen LogP contribution >= 0.6 is 34.8 Å². The van der Waals surface area contributed by atoms with Gasteiger partial charge in [-0.25, -0.2) is 0 Å². The third-order valence-corrected chi connectivity index (χ3v) is 4.13. The van der Waals surface area contributed by atoms with Crippen molar-refractivity contribution in [3.05, 3.63) is 51.0 Å². The standard InChI is InChI=1S/C15H14Cl3NO2/c1-20-13-7-12(14(21-2)6-11(13)17)19-8-9-4-3-5-10(16)15(9)18/h3-7,19H,8H2,1-2H3. The van der Waals surface area contributed by atoms with Crippen molar-refractivity contribution in [2.45, 2.75) is 6.54 Å². The number of ether oxygens (including phenoxy) is 2. The zero-order valence-electron chi connectivity index (χ0n) is 11.5. The van der Waals surface area contributed by atoms with E-state index in [1.54, 1.807) is 32.4 Å². The van der Waals surface area contributed by atoms with E-state index in [1.165, 1.54) is 0 Å². The molecule has 0 aliphatic carbocycles. The van der Waals surface area contributed by atoms with Gasteiger partial charge in [0.15, 0.2) is 0 Å². The molecule has 0 aliphatic rings. The third-order valence-electron chi connectivity index (χ3n) is 2.97. The van der Waals surface area contributed by atoms with Crippen molar-refractivity contribution in [2.75, 3.05) is 19.5 Å². The van der Waals surface area contributed by atoms with E-state index in [0.29, 0.717) is 33.1 Å². The molecule has 0 spiro atoms. The van der Waals surface area contributed by atoms with Gasteiger partial charge in [-0.1, -0.05) is 46.9 Å². The lowest BCUT2D eigenvalue weighted by molar-refractivity contribution is 0.404. The van der Waals surface area contributed by atoms with Crippen LogP contribution in [0.15, 0.2) is 30.3 Å². The molecule has 112 valence electrons. The van der Waals surface area contributed by atoms with Gasteiger partial charge in [0.2, 0.25) is 0 Å². The SMILES string of the molecule is COc1cc(NCc2cccc(Cl)c2Cl)c(OC)cc1Cl. The number of nitrogens with one attached hydrogen (secondary N) is 1. The molecule has 2 rings (SSSR count). The second-order valence-electron chi connectivity index (χ2n) is 4.25. The summed E-state index contributed by atoms with van der Waals surface area (Å²) in [6, 6.07) is 8.98. The summed E-state index contributed by atoms with van der Waals surface area (Å²) in [5, 5.41) is 4.79. The van der Waals surface area contributed by atoms with Crippen molar-refractivity contribution in [3.63, 3.8) is 0 Å². The first-order chi connectivity index (χ1) is 10.1. The molecule has 0 atom stereocenters. The predicted octanol–water partition coefficient (Wildman–Crippen LogP) is 5.28. The number of benzene rings is 2. The molecule has 0 fully saturated rings. The summed E-state index contributed by atoms with van der Waals surface area (Å²) in [6.07, 6.45) is 0. The van der Waals surface area contributed by atoms with E-state index >= 15 is 0 Å². The Bertz CT molecular complexity index is 647. The van der Waals surface area contributed by atoms with Gasteiger partial charge in [0.1, 0.15) is 11.5 Å². The molecule has 1 N–H and O–H groups in total. The van der Waals surface area contributed by atoms with E-state index in [4.69, 9.17) is 44.3 Å². The first-order valence-corrected chi connectivity index (χ1v) is 7.28. The Morgan fingerprint density at radius 2 is 1.67 bits per heavy atom. The average Bonchev–Trinajstić information content (AvgIpc) is 2.49. The molecule has 3 nitrogen and oxygen atoms in total. The number of methoxy groups -OCH3 is 2. The van der Waals surface area contributed by atoms with Crippen molar-refractivity contribution in [3.8, 4) is 11.5 Å². The summed E-state index contributed by atoms with van der Waals surface area (Å²) in [6.45, 7) is 0.501. The number of halogens is 3. The monoisotopic (exact) mass is 345 g/mol. The van der Waals surface area contributed by atoms with Crippen LogP contribution in [0.1, 0.15) is 5.56 Å². The Morgan fingerprint density at radius 1 is 0.952 bits per heavy atom. The highest BCUT2D eigenvalue weighted by Gasteiger charge is 2.11. The van der Waals surface area contributed by atoms with E-state index in [9.17, 15) is 0 Å². The van der Waals surface area contributed by atoms with Gasteiger partial charge in [0.25, 0.3) is 0 Å². The van der Waals surface area contributed by atoms with Crippen LogP contribution in [0.25, 0.3) is 0 Å². The van der Waals surface area contributed by atoms with Gasteiger partial charge < -0.3 is 14.8 Å². The van der Waals surface area contributed by atoms with Crippen LogP contribution < -0.4 is 14.8 Å². The molecule has 0 radical (unpaired) electrons. The highest BCUT2D eigenvalue weighted by molar-refractivity contribution is 6.42. The minimum absolute atomic E-state index is 0.487. The Morgan fingerprint density at radius 3 is 2.33 bits per heavy atom. The fourth-order valence-electron chi connectivity index (χ4n) is 1.87. The second-order valence-corrected chi connectivity index (χ2v) is 5.45. The highest BCUT2D eigenvalue weighted by Crippen LogP contribution is 2.36. The first-order valence-electron chi connectivity index (χ1n) is 6.15. The van der Waals surface area contributed by atoms with E-state index in [1.807, 2.05) is 12.1 Å². The summed E-state index contributed by atoms with van der Waals surface area (Å²) in [7, 11) is 3.14. The lowest BCUT2D eigenvalue weighted by atomic mass is 10.2. The van der Waals surface area contributed by atoms with Crippen LogP contribution in [0, 0.1) is 0 Å². The average molecular weight is 347 g/mol. The largest absolute Gasteiger partial charge is 0.495 e. The van der Waals surface area contributed by atoms with Crippen LogP contribution in [0.4, 0.5) is 5.69 Å². The van der Waals surface area contributed by atoms with Crippen LogP contribution in [-0.2, 0) is 6.54 Å². The molecule has 0 unspecified atom stereocenters. The molecule has 0 saturated heterocycles. The minimum atomic E-state index is 0.487. The maximum absolute atomic E-state index is 6.17. The van der Waals surface area contributed by atoms with E-state index < -0.39 is 0 Å². The van der Waals surface area contributed by atoms with Crippen LogP contribution in [0.3, 0.4) is 0 Å². The normalized spacial score (nSPS) is 10.3. The summed E-state index contributed by atoms with van der Waals surface area (Å²) in [5.74, 6) is 1.19. The van der Waals surface area contributed by atoms with E-state index in [2.05, 4.69) is 5.32 Å². The molecular formula is C15H14Cl3NO2. The molecule has 0 aliphatic heterocycles. The zero-order chi connectivity index (χ0) is 15.4. The number of hydrogen-bond donors (Lipinski definition) is 1. The van der Waals surface area contributed by atoms with Gasteiger partial charge >= 0.3 is 0 Å². The molecule has 21 heavy (non-hydrogen) atoms. The molecule has 2 aromatic carbocycles. The van der Waals surface area contributed by atoms with Crippen molar-refractivity contribution < 1.29 is 9.47 Å². The first kappa shape index (κ1) is 16.1. The number of anilines is 1. The van der Waals surface area contributed by atoms with E-state index in [0.717, 1.165) is 11.3 Å². The third kappa shape index (κ3) is 3.67. The summed E-state index contributed by atoms with van der Waals surface area (Å²) in [4.78, 5) is 0. The molecule has 0 aromatic heterocycles. The van der Waals surface area contributed by atoms with Gasteiger partial charge in [-0.15, -0.1) is 0 Å². The zero-order valence-corrected chi connectivity index (χ0v) is 13.8. The molecule has 0 amide bonds. The number of hydrogen-bond acceptors (Lipinski definition) is 3. The van der Waals surface area contributed by atoms with Gasteiger partial charge in [-0.05, 0) is 11.6 Å². The van der Waals surface area contributed by atoms with Gasteiger partial charge in [-0.2, -0.15) is 0 Å². The lowest BCUT2D eigenvalue weighted by Crippen LogP contribution is -2.03. The van der Waals surface area contributed by atoms with Crippen molar-refractivity contribution in [1.29, 1.82) is 0 Å². The molecule has 0 heterocycles. The fraction of sp³-hybridized carbons (Fsp3) is 0.200. The van der Waals surface area contributed by atoms with E-state index in [-0.39, 0.29) is 0 Å². The highest BCUT2D eigenvalue weighted by atomic mass is 35.5. The van der Waals surface area contributed by atoms with Gasteiger partial charge in [0, 0.05) is 18.7 Å². The van der Waals surface area contributed by atoms with Crippen LogP contribution in [-0.4, -0.2) is 14.2 Å². The van der Waals surface area contributed by atoms with Crippen molar-refractivity contribution >= 4 is 40.5 Å².